The molecule has 0 unspecified atom stereocenters. The van der Waals surface area contributed by atoms with Crippen molar-refractivity contribution in [1.82, 2.24) is 0 Å². The number of carbonyl (C=O) groups is 1. The highest BCUT2D eigenvalue weighted by molar-refractivity contribution is 6.30. The van der Waals surface area contributed by atoms with Crippen molar-refractivity contribution in [2.45, 2.75) is 0 Å². The van der Waals surface area contributed by atoms with Crippen molar-refractivity contribution in [1.29, 1.82) is 0 Å². The van der Waals surface area contributed by atoms with E-state index in [1.807, 2.05) is 18.2 Å². The molecule has 0 aliphatic carbocycles. The Hall–Kier alpha value is -3.31. The fraction of sp³-hybridized carbons (Fsp3) is 0.0476. The molecule has 2 aromatic carbocycles. The van der Waals surface area contributed by atoms with E-state index in [1.165, 1.54) is 0 Å². The quantitative estimate of drug-likeness (QED) is 0.475. The van der Waals surface area contributed by atoms with Gasteiger partial charge in [-0.05, 0) is 60.7 Å². The Morgan fingerprint density at radius 1 is 0.963 bits per heavy atom. The van der Waals surface area contributed by atoms with Gasteiger partial charge in [0, 0.05) is 22.2 Å². The van der Waals surface area contributed by atoms with Crippen LogP contribution in [-0.2, 0) is 9.53 Å². The highest BCUT2D eigenvalue weighted by Gasteiger charge is 2.24. The average molecular weight is 380 g/mol. The van der Waals surface area contributed by atoms with Crippen LogP contribution in [0.5, 0.6) is 5.75 Å². The number of carbonyl (C=O) groups excluding carboxylic acids is 1. The van der Waals surface area contributed by atoms with E-state index in [1.54, 1.807) is 55.7 Å². The lowest BCUT2D eigenvalue weighted by Crippen LogP contribution is -2.05. The van der Waals surface area contributed by atoms with Crippen molar-refractivity contribution in [2.24, 2.45) is 4.99 Å². The number of ether oxygens (including phenoxy) is 2. The number of cyclic esters (lactones) is 1. The van der Waals surface area contributed by atoms with Crippen LogP contribution in [0.3, 0.4) is 0 Å². The Kier molecular flexibility index (Phi) is 4.52. The second-order valence-corrected chi connectivity index (χ2v) is 6.21. The van der Waals surface area contributed by atoms with Crippen LogP contribution in [0.15, 0.2) is 75.8 Å². The van der Waals surface area contributed by atoms with Gasteiger partial charge >= 0.3 is 5.97 Å². The molecule has 2 heterocycles. The third kappa shape index (κ3) is 3.64. The van der Waals surface area contributed by atoms with Crippen molar-refractivity contribution in [3.05, 3.63) is 82.7 Å². The summed E-state index contributed by atoms with van der Waals surface area (Å²) in [4.78, 5) is 16.4. The van der Waals surface area contributed by atoms with Crippen LogP contribution in [0.25, 0.3) is 17.4 Å². The van der Waals surface area contributed by atoms with Gasteiger partial charge in [0.05, 0.1) is 7.11 Å². The monoisotopic (exact) mass is 379 g/mol. The lowest BCUT2D eigenvalue weighted by molar-refractivity contribution is -0.129. The number of methoxy groups -OCH3 is 1. The second kappa shape index (κ2) is 7.13. The van der Waals surface area contributed by atoms with Gasteiger partial charge in [0.2, 0.25) is 5.90 Å². The molecular weight excluding hydrogens is 366 g/mol. The van der Waals surface area contributed by atoms with Crippen LogP contribution in [0.1, 0.15) is 11.3 Å². The number of rotatable bonds is 4. The lowest BCUT2D eigenvalue weighted by Gasteiger charge is -2.01. The predicted molar refractivity (Wildman–Crippen MR) is 103 cm³/mol. The molecule has 27 heavy (non-hydrogen) atoms. The second-order valence-electron chi connectivity index (χ2n) is 5.77. The topological polar surface area (TPSA) is 61.0 Å². The molecule has 0 amide bonds. The Bertz CT molecular complexity index is 1050. The molecular formula is C21H14ClNO4. The summed E-state index contributed by atoms with van der Waals surface area (Å²) in [5.74, 6) is 1.62. The molecule has 0 radical (unpaired) electrons. The van der Waals surface area contributed by atoms with E-state index in [2.05, 4.69) is 4.99 Å². The van der Waals surface area contributed by atoms with Gasteiger partial charge in [0.1, 0.15) is 17.3 Å². The zero-order valence-electron chi connectivity index (χ0n) is 14.3. The van der Waals surface area contributed by atoms with E-state index in [0.717, 1.165) is 5.56 Å². The minimum Gasteiger partial charge on any atom is -0.497 e. The number of halogens is 1. The third-order valence-corrected chi connectivity index (χ3v) is 4.24. The van der Waals surface area contributed by atoms with Crippen molar-refractivity contribution < 1.29 is 18.7 Å². The first-order chi connectivity index (χ1) is 13.1. The van der Waals surface area contributed by atoms with Crippen LogP contribution < -0.4 is 4.74 Å². The fourth-order valence-corrected chi connectivity index (χ4v) is 2.73. The minimum atomic E-state index is -0.523. The van der Waals surface area contributed by atoms with E-state index >= 15 is 0 Å². The maximum absolute atomic E-state index is 12.1. The van der Waals surface area contributed by atoms with Gasteiger partial charge < -0.3 is 13.9 Å². The van der Waals surface area contributed by atoms with E-state index in [-0.39, 0.29) is 11.6 Å². The molecule has 0 spiro atoms. The summed E-state index contributed by atoms with van der Waals surface area (Å²) in [5, 5.41) is 0.654. The first-order valence-electron chi connectivity index (χ1n) is 8.15. The van der Waals surface area contributed by atoms with Crippen LogP contribution in [0.4, 0.5) is 0 Å². The molecule has 1 aliphatic heterocycles. The average Bonchev–Trinajstić information content (AvgIpc) is 3.30. The molecule has 5 nitrogen and oxygen atoms in total. The predicted octanol–water partition coefficient (Wildman–Crippen LogP) is 4.95. The van der Waals surface area contributed by atoms with E-state index in [9.17, 15) is 4.79 Å². The highest BCUT2D eigenvalue weighted by Crippen LogP contribution is 2.26. The van der Waals surface area contributed by atoms with E-state index in [4.69, 9.17) is 25.5 Å². The van der Waals surface area contributed by atoms with E-state index in [0.29, 0.717) is 27.9 Å². The number of hydrogen-bond acceptors (Lipinski definition) is 5. The summed E-state index contributed by atoms with van der Waals surface area (Å²) in [7, 11) is 1.59. The lowest BCUT2D eigenvalue weighted by atomic mass is 10.2. The van der Waals surface area contributed by atoms with Crippen molar-refractivity contribution in [3.8, 4) is 17.1 Å². The summed E-state index contributed by atoms with van der Waals surface area (Å²) in [6.45, 7) is 0. The molecule has 0 bridgehead atoms. The Labute approximate surface area is 160 Å². The zero-order chi connectivity index (χ0) is 18.8. The smallest absolute Gasteiger partial charge is 0.363 e. The van der Waals surface area contributed by atoms with Gasteiger partial charge in [-0.15, -0.1) is 0 Å². The fourth-order valence-electron chi connectivity index (χ4n) is 2.60. The normalized spacial score (nSPS) is 15.0. The summed E-state index contributed by atoms with van der Waals surface area (Å²) >= 11 is 5.90. The first kappa shape index (κ1) is 17.1. The largest absolute Gasteiger partial charge is 0.497 e. The summed E-state index contributed by atoms with van der Waals surface area (Å²) < 4.78 is 16.2. The minimum absolute atomic E-state index is 0.179. The molecule has 3 aromatic rings. The van der Waals surface area contributed by atoms with Gasteiger partial charge in [0.25, 0.3) is 0 Å². The van der Waals surface area contributed by atoms with Crippen molar-refractivity contribution >= 4 is 29.5 Å². The number of hydrogen-bond donors (Lipinski definition) is 0. The van der Waals surface area contributed by atoms with Gasteiger partial charge in [-0.1, -0.05) is 11.6 Å². The first-order valence-corrected chi connectivity index (χ1v) is 8.53. The number of nitrogens with zero attached hydrogens (tertiary/aromatic N) is 1. The molecule has 6 heteroatoms. The van der Waals surface area contributed by atoms with Gasteiger partial charge in [-0.2, -0.15) is 0 Å². The maximum atomic E-state index is 12.1. The van der Waals surface area contributed by atoms with Crippen molar-refractivity contribution in [2.75, 3.05) is 7.11 Å². The van der Waals surface area contributed by atoms with Crippen LogP contribution in [0, 0.1) is 0 Å². The molecule has 0 saturated heterocycles. The summed E-state index contributed by atoms with van der Waals surface area (Å²) in [5.41, 5.74) is 1.76. The number of furan rings is 1. The van der Waals surface area contributed by atoms with Crippen LogP contribution in [-0.4, -0.2) is 19.0 Å². The zero-order valence-corrected chi connectivity index (χ0v) is 15.1. The molecule has 0 saturated carbocycles. The summed E-state index contributed by atoms with van der Waals surface area (Å²) in [6.07, 6.45) is 1.55. The summed E-state index contributed by atoms with van der Waals surface area (Å²) in [6, 6.07) is 18.0. The van der Waals surface area contributed by atoms with Crippen molar-refractivity contribution in [3.63, 3.8) is 0 Å². The molecule has 0 N–H and O–H groups in total. The Balaban J connectivity index is 1.59. The number of benzene rings is 2. The van der Waals surface area contributed by atoms with Gasteiger partial charge in [-0.3, -0.25) is 0 Å². The molecule has 0 fully saturated rings. The third-order valence-electron chi connectivity index (χ3n) is 3.99. The molecule has 1 aromatic heterocycles. The van der Waals surface area contributed by atoms with Gasteiger partial charge in [-0.25, -0.2) is 9.79 Å². The maximum Gasteiger partial charge on any atom is 0.363 e. The Morgan fingerprint density at radius 2 is 1.67 bits per heavy atom. The SMILES string of the molecule is COc1ccc(C2=NC(=Cc3ccc(-c4ccc(Cl)cc4)o3)C(=O)O2)cc1. The van der Waals surface area contributed by atoms with E-state index < -0.39 is 5.97 Å². The standard InChI is InChI=1S/C21H14ClNO4/c1-25-16-8-4-14(5-9-16)20-23-18(21(24)27-20)12-17-10-11-19(26-17)13-2-6-15(22)7-3-13/h2-12H,1H3. The van der Waals surface area contributed by atoms with Gasteiger partial charge in [0.15, 0.2) is 5.70 Å². The molecule has 4 rings (SSSR count). The molecule has 134 valence electrons. The molecule has 1 aliphatic rings. The van der Waals surface area contributed by atoms with Crippen LogP contribution >= 0.6 is 11.6 Å². The van der Waals surface area contributed by atoms with Crippen LogP contribution in [0.2, 0.25) is 5.02 Å². The number of aliphatic imine (C=N–C) groups is 1. The Morgan fingerprint density at radius 3 is 2.37 bits per heavy atom. The number of esters is 1. The highest BCUT2D eigenvalue weighted by atomic mass is 35.5. The molecule has 0 atom stereocenters.